The van der Waals surface area contributed by atoms with Crippen LogP contribution in [0.2, 0.25) is 5.02 Å². The van der Waals surface area contributed by atoms with Crippen LogP contribution in [0.15, 0.2) is 18.2 Å². The monoisotopic (exact) mass is 252 g/mol. The molecule has 0 aliphatic heterocycles. The molecule has 0 aromatic heterocycles. The SMILES string of the molecule is CN(c1cccc(Cl)c1CCN)C1CCCC1. The fraction of sp³-hybridized carbons (Fsp3) is 0.571. The lowest BCUT2D eigenvalue weighted by molar-refractivity contribution is 0.650. The summed E-state index contributed by atoms with van der Waals surface area (Å²) in [6, 6.07) is 6.82. The third kappa shape index (κ3) is 2.75. The van der Waals surface area contributed by atoms with E-state index < -0.39 is 0 Å². The molecular weight excluding hydrogens is 232 g/mol. The van der Waals surface area contributed by atoms with Crippen LogP contribution >= 0.6 is 11.6 Å². The van der Waals surface area contributed by atoms with Crippen LogP contribution in [0.5, 0.6) is 0 Å². The molecule has 17 heavy (non-hydrogen) atoms. The van der Waals surface area contributed by atoms with Crippen LogP contribution in [-0.2, 0) is 6.42 Å². The van der Waals surface area contributed by atoms with Gasteiger partial charge in [0.1, 0.15) is 0 Å². The van der Waals surface area contributed by atoms with Crippen LogP contribution in [0.1, 0.15) is 31.2 Å². The third-order valence-corrected chi connectivity index (χ3v) is 4.09. The van der Waals surface area contributed by atoms with E-state index >= 15 is 0 Å². The van der Waals surface area contributed by atoms with Crippen LogP contribution < -0.4 is 10.6 Å². The quantitative estimate of drug-likeness (QED) is 0.892. The molecule has 0 amide bonds. The first-order valence-electron chi connectivity index (χ1n) is 6.44. The Labute approximate surface area is 109 Å². The maximum atomic E-state index is 6.28. The van der Waals surface area contributed by atoms with Gasteiger partial charge in [-0.05, 0) is 43.5 Å². The van der Waals surface area contributed by atoms with Crippen molar-refractivity contribution in [2.45, 2.75) is 38.1 Å². The Hall–Kier alpha value is -0.730. The van der Waals surface area contributed by atoms with Crippen molar-refractivity contribution < 1.29 is 0 Å². The summed E-state index contributed by atoms with van der Waals surface area (Å²) < 4.78 is 0. The van der Waals surface area contributed by atoms with Crippen LogP contribution in [0.3, 0.4) is 0 Å². The van der Waals surface area contributed by atoms with Gasteiger partial charge in [-0.1, -0.05) is 30.5 Å². The fourth-order valence-electron chi connectivity index (χ4n) is 2.76. The van der Waals surface area contributed by atoms with Crippen molar-refractivity contribution in [1.29, 1.82) is 0 Å². The normalized spacial score (nSPS) is 16.4. The van der Waals surface area contributed by atoms with Gasteiger partial charge in [-0.3, -0.25) is 0 Å². The summed E-state index contributed by atoms with van der Waals surface area (Å²) in [5, 5.41) is 0.845. The molecule has 1 fully saturated rings. The van der Waals surface area contributed by atoms with Crippen LogP contribution in [0, 0.1) is 0 Å². The lowest BCUT2D eigenvalue weighted by Crippen LogP contribution is -2.30. The van der Waals surface area contributed by atoms with Gasteiger partial charge in [0.15, 0.2) is 0 Å². The average molecular weight is 253 g/mol. The van der Waals surface area contributed by atoms with Gasteiger partial charge < -0.3 is 10.6 Å². The van der Waals surface area contributed by atoms with Gasteiger partial charge in [-0.2, -0.15) is 0 Å². The first-order valence-corrected chi connectivity index (χ1v) is 6.82. The summed E-state index contributed by atoms with van der Waals surface area (Å²) in [7, 11) is 2.18. The van der Waals surface area contributed by atoms with Gasteiger partial charge in [-0.25, -0.2) is 0 Å². The predicted molar refractivity (Wildman–Crippen MR) is 74.9 cm³/mol. The van der Waals surface area contributed by atoms with E-state index in [1.165, 1.54) is 36.9 Å². The molecule has 0 spiro atoms. The fourth-order valence-corrected chi connectivity index (χ4v) is 3.02. The summed E-state index contributed by atoms with van der Waals surface area (Å²) in [5.41, 5.74) is 8.13. The minimum Gasteiger partial charge on any atom is -0.371 e. The van der Waals surface area contributed by atoms with Gasteiger partial charge in [0.2, 0.25) is 0 Å². The molecule has 1 saturated carbocycles. The highest BCUT2D eigenvalue weighted by Crippen LogP contribution is 2.32. The van der Waals surface area contributed by atoms with Crippen molar-refractivity contribution in [2.24, 2.45) is 5.73 Å². The first-order chi connectivity index (χ1) is 8.24. The van der Waals surface area contributed by atoms with Gasteiger partial charge in [0, 0.05) is 23.8 Å². The van der Waals surface area contributed by atoms with Gasteiger partial charge in [0.25, 0.3) is 0 Å². The lowest BCUT2D eigenvalue weighted by Gasteiger charge is -2.29. The van der Waals surface area contributed by atoms with Crippen molar-refractivity contribution in [2.75, 3.05) is 18.5 Å². The van der Waals surface area contributed by atoms with Crippen LogP contribution in [-0.4, -0.2) is 19.6 Å². The molecule has 0 heterocycles. The second kappa shape index (κ2) is 5.74. The Morgan fingerprint density at radius 3 is 2.71 bits per heavy atom. The molecule has 1 aromatic rings. The number of anilines is 1. The number of nitrogens with zero attached hydrogens (tertiary/aromatic N) is 1. The highest BCUT2D eigenvalue weighted by Gasteiger charge is 2.21. The topological polar surface area (TPSA) is 29.3 Å². The first kappa shape index (κ1) is 12.7. The van der Waals surface area contributed by atoms with E-state index in [0.717, 1.165) is 11.4 Å². The summed E-state index contributed by atoms with van der Waals surface area (Å²) in [6.45, 7) is 0.648. The number of hydrogen-bond acceptors (Lipinski definition) is 2. The number of halogens is 1. The van der Waals surface area contributed by atoms with Crippen LogP contribution in [0.25, 0.3) is 0 Å². The summed E-state index contributed by atoms with van der Waals surface area (Å²) in [5.74, 6) is 0. The predicted octanol–water partition coefficient (Wildman–Crippen LogP) is 3.22. The molecular formula is C14H21ClN2. The van der Waals surface area contributed by atoms with Crippen molar-refractivity contribution >= 4 is 17.3 Å². The largest absolute Gasteiger partial charge is 0.371 e. The lowest BCUT2D eigenvalue weighted by atomic mass is 10.1. The second-order valence-electron chi connectivity index (χ2n) is 4.83. The van der Waals surface area contributed by atoms with E-state index in [9.17, 15) is 0 Å². The molecule has 2 N–H and O–H groups in total. The van der Waals surface area contributed by atoms with E-state index in [1.807, 2.05) is 12.1 Å². The molecule has 1 aromatic carbocycles. The van der Waals surface area contributed by atoms with Gasteiger partial charge in [0.05, 0.1) is 0 Å². The van der Waals surface area contributed by atoms with Crippen LogP contribution in [0.4, 0.5) is 5.69 Å². The minimum atomic E-state index is 0.648. The zero-order valence-electron chi connectivity index (χ0n) is 10.5. The third-order valence-electron chi connectivity index (χ3n) is 3.74. The van der Waals surface area contributed by atoms with Crippen molar-refractivity contribution in [1.82, 2.24) is 0 Å². The molecule has 0 radical (unpaired) electrons. The number of hydrogen-bond donors (Lipinski definition) is 1. The Morgan fingerprint density at radius 1 is 1.35 bits per heavy atom. The Bertz CT molecular complexity index is 372. The van der Waals surface area contributed by atoms with Crippen molar-refractivity contribution in [3.63, 3.8) is 0 Å². The zero-order valence-corrected chi connectivity index (χ0v) is 11.2. The molecule has 2 nitrogen and oxygen atoms in total. The molecule has 0 bridgehead atoms. The zero-order chi connectivity index (χ0) is 12.3. The Morgan fingerprint density at radius 2 is 2.06 bits per heavy atom. The van der Waals surface area contributed by atoms with Crippen molar-refractivity contribution in [3.8, 4) is 0 Å². The number of rotatable bonds is 4. The molecule has 0 unspecified atom stereocenters. The Kier molecular flexibility index (Phi) is 4.30. The van der Waals surface area contributed by atoms with E-state index in [1.54, 1.807) is 0 Å². The van der Waals surface area contributed by atoms with E-state index in [0.29, 0.717) is 12.6 Å². The highest BCUT2D eigenvalue weighted by atomic mass is 35.5. The maximum Gasteiger partial charge on any atom is 0.0459 e. The smallest absolute Gasteiger partial charge is 0.0459 e. The summed E-state index contributed by atoms with van der Waals surface area (Å²) in [4.78, 5) is 2.39. The van der Waals surface area contributed by atoms with E-state index in [-0.39, 0.29) is 0 Å². The summed E-state index contributed by atoms with van der Waals surface area (Å²) >= 11 is 6.28. The standard InChI is InChI=1S/C14H21ClN2/c1-17(11-5-2-3-6-11)14-8-4-7-13(15)12(14)9-10-16/h4,7-8,11H,2-3,5-6,9-10,16H2,1H3. The summed E-state index contributed by atoms with van der Waals surface area (Å²) in [6.07, 6.45) is 6.14. The van der Waals surface area contributed by atoms with Gasteiger partial charge >= 0.3 is 0 Å². The maximum absolute atomic E-state index is 6.28. The molecule has 1 aliphatic rings. The van der Waals surface area contributed by atoms with Gasteiger partial charge in [-0.15, -0.1) is 0 Å². The second-order valence-corrected chi connectivity index (χ2v) is 5.23. The molecule has 2 rings (SSSR count). The number of benzene rings is 1. The molecule has 3 heteroatoms. The van der Waals surface area contributed by atoms with Crippen molar-refractivity contribution in [3.05, 3.63) is 28.8 Å². The molecule has 0 atom stereocenters. The average Bonchev–Trinajstić information content (AvgIpc) is 2.85. The van der Waals surface area contributed by atoms with E-state index in [2.05, 4.69) is 18.0 Å². The molecule has 0 saturated heterocycles. The Balaban J connectivity index is 2.26. The minimum absolute atomic E-state index is 0.648. The molecule has 94 valence electrons. The van der Waals surface area contributed by atoms with E-state index in [4.69, 9.17) is 17.3 Å². The highest BCUT2D eigenvalue weighted by molar-refractivity contribution is 6.31. The molecule has 1 aliphatic carbocycles. The number of nitrogens with two attached hydrogens (primary N) is 1.